The van der Waals surface area contributed by atoms with E-state index in [4.69, 9.17) is 10.5 Å². The third kappa shape index (κ3) is 6.17. The fourth-order valence-corrected chi connectivity index (χ4v) is 4.10. The van der Waals surface area contributed by atoms with E-state index in [-0.39, 0.29) is 10.8 Å². The summed E-state index contributed by atoms with van der Waals surface area (Å²) in [5.41, 5.74) is 6.62. The molecule has 1 saturated heterocycles. The first-order chi connectivity index (χ1) is 12.8. The van der Waals surface area contributed by atoms with Gasteiger partial charge in [0.1, 0.15) is 0 Å². The lowest BCUT2D eigenvalue weighted by molar-refractivity contribution is -0.116. The number of morpholine rings is 1. The van der Waals surface area contributed by atoms with E-state index in [1.165, 1.54) is 10.4 Å². The van der Waals surface area contributed by atoms with Gasteiger partial charge in [0.05, 0.1) is 29.5 Å². The van der Waals surface area contributed by atoms with Crippen LogP contribution in [0.5, 0.6) is 0 Å². The Morgan fingerprint density at radius 1 is 1.26 bits per heavy atom. The van der Waals surface area contributed by atoms with Crippen LogP contribution in [-0.2, 0) is 19.6 Å². The Hall–Kier alpha value is -1.68. The van der Waals surface area contributed by atoms with Gasteiger partial charge >= 0.3 is 0 Å². The molecule has 0 unspecified atom stereocenters. The van der Waals surface area contributed by atoms with Gasteiger partial charge in [-0.2, -0.15) is 4.31 Å². The second-order valence-electron chi connectivity index (χ2n) is 6.94. The first-order valence-corrected chi connectivity index (χ1v) is 10.7. The van der Waals surface area contributed by atoms with Gasteiger partial charge in [-0.25, -0.2) is 8.42 Å². The van der Waals surface area contributed by atoms with Gasteiger partial charge in [0.2, 0.25) is 15.9 Å². The van der Waals surface area contributed by atoms with Crippen LogP contribution in [-0.4, -0.2) is 58.0 Å². The number of ether oxygens (including phenoxy) is 1. The van der Waals surface area contributed by atoms with Crippen LogP contribution >= 0.6 is 0 Å². The van der Waals surface area contributed by atoms with E-state index >= 15 is 0 Å². The molecular formula is C18H30N4O4S. The summed E-state index contributed by atoms with van der Waals surface area (Å²) in [5.74, 6) is 0.219. The van der Waals surface area contributed by atoms with E-state index in [2.05, 4.69) is 24.5 Å². The number of carbonyl (C=O) groups excluding carboxylic acids is 1. The number of benzene rings is 1. The molecule has 1 aromatic rings. The molecule has 2 rings (SSSR count). The lowest BCUT2D eigenvalue weighted by atomic mass is 10.2. The SMILES string of the molecule is CC(C)CNc1ccc(S(=O)(=O)N2CCOCC2)cc1NC(=O)CCCN. The van der Waals surface area contributed by atoms with Crippen molar-refractivity contribution >= 4 is 27.3 Å². The standard InChI is InChI=1S/C18H30N4O4S/c1-14(2)13-20-16-6-5-15(12-17(16)21-18(23)4-3-7-19)27(24,25)22-8-10-26-11-9-22/h5-6,12,14,20H,3-4,7-11,13,19H2,1-2H3,(H,21,23). The van der Waals surface area contributed by atoms with Crippen molar-refractivity contribution in [2.24, 2.45) is 11.7 Å². The maximum atomic E-state index is 12.9. The highest BCUT2D eigenvalue weighted by Crippen LogP contribution is 2.28. The number of nitrogens with two attached hydrogens (primary N) is 1. The van der Waals surface area contributed by atoms with Crippen molar-refractivity contribution in [3.63, 3.8) is 0 Å². The summed E-state index contributed by atoms with van der Waals surface area (Å²) in [4.78, 5) is 12.3. The van der Waals surface area contributed by atoms with Crippen molar-refractivity contribution in [2.75, 3.05) is 50.0 Å². The number of carbonyl (C=O) groups is 1. The normalized spacial score (nSPS) is 15.7. The molecule has 1 aliphatic heterocycles. The number of amides is 1. The molecule has 0 aromatic heterocycles. The highest BCUT2D eigenvalue weighted by molar-refractivity contribution is 7.89. The molecule has 1 heterocycles. The average Bonchev–Trinajstić information content (AvgIpc) is 2.65. The number of hydrogen-bond acceptors (Lipinski definition) is 6. The Bertz CT molecular complexity index is 731. The molecule has 0 radical (unpaired) electrons. The van der Waals surface area contributed by atoms with Gasteiger partial charge in [-0.05, 0) is 37.1 Å². The molecule has 27 heavy (non-hydrogen) atoms. The largest absolute Gasteiger partial charge is 0.383 e. The summed E-state index contributed by atoms with van der Waals surface area (Å²) in [6, 6.07) is 4.80. The zero-order valence-corrected chi connectivity index (χ0v) is 16.8. The molecule has 0 aliphatic carbocycles. The van der Waals surface area contributed by atoms with Crippen LogP contribution in [0.25, 0.3) is 0 Å². The van der Waals surface area contributed by atoms with Gasteiger partial charge < -0.3 is 21.1 Å². The first kappa shape index (κ1) is 21.6. The topological polar surface area (TPSA) is 114 Å². The van der Waals surface area contributed by atoms with Crippen molar-refractivity contribution in [3.8, 4) is 0 Å². The van der Waals surface area contributed by atoms with E-state index in [1.807, 2.05) is 0 Å². The summed E-state index contributed by atoms with van der Waals surface area (Å²) in [7, 11) is -3.63. The highest BCUT2D eigenvalue weighted by Gasteiger charge is 2.27. The van der Waals surface area contributed by atoms with Gasteiger partial charge in [0, 0.05) is 26.1 Å². The first-order valence-electron chi connectivity index (χ1n) is 9.30. The fourth-order valence-electron chi connectivity index (χ4n) is 2.67. The lowest BCUT2D eigenvalue weighted by Gasteiger charge is -2.26. The molecule has 0 spiro atoms. The molecular weight excluding hydrogens is 368 g/mol. The average molecular weight is 399 g/mol. The summed E-state index contributed by atoms with van der Waals surface area (Å²) in [6.07, 6.45) is 0.868. The second kappa shape index (κ2) is 10.0. The summed E-state index contributed by atoms with van der Waals surface area (Å²) in [6.45, 7) is 6.71. The zero-order chi connectivity index (χ0) is 19.9. The quantitative estimate of drug-likeness (QED) is 0.580. The van der Waals surface area contributed by atoms with Gasteiger partial charge in [-0.1, -0.05) is 13.8 Å². The second-order valence-corrected chi connectivity index (χ2v) is 8.88. The molecule has 4 N–H and O–H groups in total. The molecule has 1 aromatic carbocycles. The van der Waals surface area contributed by atoms with Crippen molar-refractivity contribution in [3.05, 3.63) is 18.2 Å². The molecule has 1 amide bonds. The van der Waals surface area contributed by atoms with Crippen LogP contribution in [0.1, 0.15) is 26.7 Å². The zero-order valence-electron chi connectivity index (χ0n) is 16.0. The molecule has 152 valence electrons. The summed E-state index contributed by atoms with van der Waals surface area (Å²) >= 11 is 0. The van der Waals surface area contributed by atoms with Crippen molar-refractivity contribution in [1.29, 1.82) is 0 Å². The fraction of sp³-hybridized carbons (Fsp3) is 0.611. The Morgan fingerprint density at radius 3 is 2.59 bits per heavy atom. The van der Waals surface area contributed by atoms with Gasteiger partial charge in [-0.3, -0.25) is 4.79 Å². The number of nitrogens with zero attached hydrogens (tertiary/aromatic N) is 1. The minimum Gasteiger partial charge on any atom is -0.383 e. The maximum absolute atomic E-state index is 12.9. The Kier molecular flexibility index (Phi) is 8.03. The van der Waals surface area contributed by atoms with Crippen molar-refractivity contribution in [2.45, 2.75) is 31.6 Å². The number of nitrogens with one attached hydrogen (secondary N) is 2. The molecule has 8 nitrogen and oxygen atoms in total. The van der Waals surface area contributed by atoms with Crippen LogP contribution in [0.3, 0.4) is 0 Å². The minimum atomic E-state index is -3.63. The van der Waals surface area contributed by atoms with Crippen LogP contribution in [0.15, 0.2) is 23.1 Å². The number of rotatable bonds is 9. The summed E-state index contributed by atoms with van der Waals surface area (Å²) < 4.78 is 32.4. The predicted octanol–water partition coefficient (Wildman–Crippen LogP) is 1.45. The van der Waals surface area contributed by atoms with Gasteiger partial charge in [0.25, 0.3) is 0 Å². The van der Waals surface area contributed by atoms with Crippen molar-refractivity contribution in [1.82, 2.24) is 4.31 Å². The van der Waals surface area contributed by atoms with E-state index in [0.29, 0.717) is 69.5 Å². The number of sulfonamides is 1. The number of anilines is 2. The minimum absolute atomic E-state index is 0.161. The van der Waals surface area contributed by atoms with Crippen LogP contribution in [0.2, 0.25) is 0 Å². The van der Waals surface area contributed by atoms with Crippen LogP contribution < -0.4 is 16.4 Å². The van der Waals surface area contributed by atoms with E-state index in [9.17, 15) is 13.2 Å². The van der Waals surface area contributed by atoms with E-state index in [1.54, 1.807) is 12.1 Å². The molecule has 0 bridgehead atoms. The maximum Gasteiger partial charge on any atom is 0.243 e. The predicted molar refractivity (Wildman–Crippen MR) is 106 cm³/mol. The van der Waals surface area contributed by atoms with E-state index < -0.39 is 10.0 Å². The Balaban J connectivity index is 2.28. The van der Waals surface area contributed by atoms with Gasteiger partial charge in [0.15, 0.2) is 0 Å². The molecule has 9 heteroatoms. The van der Waals surface area contributed by atoms with Crippen LogP contribution in [0, 0.1) is 5.92 Å². The number of hydrogen-bond donors (Lipinski definition) is 3. The third-order valence-corrected chi connectivity index (χ3v) is 6.08. The third-order valence-electron chi connectivity index (χ3n) is 4.18. The Morgan fingerprint density at radius 2 is 1.96 bits per heavy atom. The highest BCUT2D eigenvalue weighted by atomic mass is 32.2. The molecule has 0 atom stereocenters. The molecule has 0 saturated carbocycles. The lowest BCUT2D eigenvalue weighted by Crippen LogP contribution is -2.40. The van der Waals surface area contributed by atoms with Crippen LogP contribution in [0.4, 0.5) is 11.4 Å². The molecule has 1 fully saturated rings. The van der Waals surface area contributed by atoms with E-state index in [0.717, 1.165) is 0 Å². The Labute approximate surface area is 161 Å². The summed E-state index contributed by atoms with van der Waals surface area (Å²) in [5, 5.41) is 6.08. The van der Waals surface area contributed by atoms with Crippen molar-refractivity contribution < 1.29 is 17.9 Å². The smallest absolute Gasteiger partial charge is 0.243 e. The molecule has 1 aliphatic rings. The monoisotopic (exact) mass is 398 g/mol. The van der Waals surface area contributed by atoms with Gasteiger partial charge in [-0.15, -0.1) is 0 Å².